The largest absolute Gasteiger partial charge is 0.508 e. The second-order valence-corrected chi connectivity index (χ2v) is 3.76. The van der Waals surface area contributed by atoms with E-state index in [1.165, 1.54) is 24.3 Å². The quantitative estimate of drug-likeness (QED) is 0.689. The van der Waals surface area contributed by atoms with Crippen LogP contribution in [0.4, 0.5) is 5.69 Å². The lowest BCUT2D eigenvalue weighted by molar-refractivity contribution is 0.102. The summed E-state index contributed by atoms with van der Waals surface area (Å²) in [4.78, 5) is 22.6. The normalized spacial score (nSPS) is 10.1. The molecule has 0 aliphatic carbocycles. The van der Waals surface area contributed by atoms with Gasteiger partial charge >= 0.3 is 0 Å². The maximum absolute atomic E-state index is 11.8. The SMILES string of the molecule is Cc1cc(O)ccc1NC(=O)c1ccc(=O)[nH]n1. The van der Waals surface area contributed by atoms with Crippen LogP contribution in [0.5, 0.6) is 5.75 Å². The lowest BCUT2D eigenvalue weighted by Crippen LogP contribution is -2.17. The maximum atomic E-state index is 11.8. The number of anilines is 1. The van der Waals surface area contributed by atoms with Gasteiger partial charge in [-0.3, -0.25) is 9.59 Å². The van der Waals surface area contributed by atoms with Gasteiger partial charge in [0.25, 0.3) is 11.5 Å². The molecule has 1 heterocycles. The van der Waals surface area contributed by atoms with Crippen molar-refractivity contribution in [2.45, 2.75) is 6.92 Å². The van der Waals surface area contributed by atoms with Gasteiger partial charge in [0, 0.05) is 11.8 Å². The average molecular weight is 245 g/mol. The van der Waals surface area contributed by atoms with Gasteiger partial charge in [-0.25, -0.2) is 5.10 Å². The molecule has 2 rings (SSSR count). The number of rotatable bonds is 2. The number of benzene rings is 1. The molecule has 2 aromatic rings. The Morgan fingerprint density at radius 2 is 2.11 bits per heavy atom. The fraction of sp³-hybridized carbons (Fsp3) is 0.0833. The van der Waals surface area contributed by atoms with E-state index in [-0.39, 0.29) is 17.0 Å². The molecule has 0 aliphatic rings. The lowest BCUT2D eigenvalue weighted by Gasteiger charge is -2.07. The highest BCUT2D eigenvalue weighted by Crippen LogP contribution is 2.20. The van der Waals surface area contributed by atoms with Crippen LogP contribution in [0.15, 0.2) is 35.1 Å². The van der Waals surface area contributed by atoms with E-state index in [0.717, 1.165) is 5.56 Å². The zero-order chi connectivity index (χ0) is 13.1. The highest BCUT2D eigenvalue weighted by molar-refractivity contribution is 6.03. The molecule has 1 amide bonds. The summed E-state index contributed by atoms with van der Waals surface area (Å²) in [6.07, 6.45) is 0. The fourth-order valence-corrected chi connectivity index (χ4v) is 1.45. The molecule has 6 nitrogen and oxygen atoms in total. The van der Waals surface area contributed by atoms with Crippen molar-refractivity contribution < 1.29 is 9.90 Å². The molecule has 0 atom stereocenters. The first kappa shape index (κ1) is 11.8. The molecule has 92 valence electrons. The maximum Gasteiger partial charge on any atom is 0.276 e. The van der Waals surface area contributed by atoms with E-state index < -0.39 is 5.91 Å². The van der Waals surface area contributed by atoms with Crippen LogP contribution in [-0.4, -0.2) is 21.2 Å². The minimum absolute atomic E-state index is 0.113. The first-order valence-corrected chi connectivity index (χ1v) is 5.23. The van der Waals surface area contributed by atoms with E-state index in [1.807, 2.05) is 0 Å². The summed E-state index contributed by atoms with van der Waals surface area (Å²) < 4.78 is 0. The average Bonchev–Trinajstić information content (AvgIpc) is 2.33. The molecule has 0 fully saturated rings. The van der Waals surface area contributed by atoms with Gasteiger partial charge in [0.05, 0.1) is 0 Å². The van der Waals surface area contributed by atoms with Gasteiger partial charge in [-0.1, -0.05) is 0 Å². The predicted octanol–water partition coefficient (Wildman–Crippen LogP) is 1.04. The lowest BCUT2D eigenvalue weighted by atomic mass is 10.2. The van der Waals surface area contributed by atoms with E-state index in [1.54, 1.807) is 13.0 Å². The summed E-state index contributed by atoms with van der Waals surface area (Å²) in [6.45, 7) is 1.76. The number of hydrogen-bond acceptors (Lipinski definition) is 4. The number of aromatic nitrogens is 2. The van der Waals surface area contributed by atoms with Gasteiger partial charge < -0.3 is 10.4 Å². The Kier molecular flexibility index (Phi) is 3.09. The first-order chi connectivity index (χ1) is 8.56. The number of carbonyl (C=O) groups excluding carboxylic acids is 1. The third-order valence-electron chi connectivity index (χ3n) is 2.37. The summed E-state index contributed by atoms with van der Waals surface area (Å²) in [5.74, 6) is -0.298. The highest BCUT2D eigenvalue weighted by atomic mass is 16.3. The molecular formula is C12H11N3O3. The number of carbonyl (C=O) groups is 1. The number of phenols is 1. The highest BCUT2D eigenvalue weighted by Gasteiger charge is 2.09. The van der Waals surface area contributed by atoms with E-state index in [0.29, 0.717) is 5.69 Å². The molecule has 18 heavy (non-hydrogen) atoms. The monoisotopic (exact) mass is 245 g/mol. The Morgan fingerprint density at radius 3 is 2.72 bits per heavy atom. The number of nitrogens with zero attached hydrogens (tertiary/aromatic N) is 1. The van der Waals surface area contributed by atoms with Crippen molar-refractivity contribution in [3.8, 4) is 5.75 Å². The zero-order valence-corrected chi connectivity index (χ0v) is 9.60. The summed E-state index contributed by atoms with van der Waals surface area (Å²) in [5.41, 5.74) is 1.05. The number of phenolic OH excluding ortho intramolecular Hbond substituents is 1. The van der Waals surface area contributed by atoms with E-state index in [9.17, 15) is 14.7 Å². The number of nitrogens with one attached hydrogen (secondary N) is 2. The number of H-pyrrole nitrogens is 1. The number of aryl methyl sites for hydroxylation is 1. The predicted molar refractivity (Wildman–Crippen MR) is 65.7 cm³/mol. The number of aromatic hydroxyl groups is 1. The fourth-order valence-electron chi connectivity index (χ4n) is 1.45. The molecule has 6 heteroatoms. The molecule has 0 spiro atoms. The van der Waals surface area contributed by atoms with Gasteiger partial charge in [-0.15, -0.1) is 0 Å². The van der Waals surface area contributed by atoms with Gasteiger partial charge in [-0.2, -0.15) is 5.10 Å². The zero-order valence-electron chi connectivity index (χ0n) is 9.60. The van der Waals surface area contributed by atoms with Crippen LogP contribution in [-0.2, 0) is 0 Å². The molecule has 3 N–H and O–H groups in total. The van der Waals surface area contributed by atoms with Crippen molar-refractivity contribution in [3.63, 3.8) is 0 Å². The van der Waals surface area contributed by atoms with Crippen LogP contribution < -0.4 is 10.9 Å². The number of aromatic amines is 1. The Labute approximate surface area is 102 Å². The molecule has 0 radical (unpaired) electrons. The van der Waals surface area contributed by atoms with Crippen LogP contribution in [0.2, 0.25) is 0 Å². The molecule has 0 bridgehead atoms. The molecule has 1 aromatic carbocycles. The van der Waals surface area contributed by atoms with Crippen molar-refractivity contribution in [2.75, 3.05) is 5.32 Å². The van der Waals surface area contributed by atoms with Gasteiger partial charge in [-0.05, 0) is 36.8 Å². The Hall–Kier alpha value is -2.63. The van der Waals surface area contributed by atoms with Crippen LogP contribution in [0.25, 0.3) is 0 Å². The smallest absolute Gasteiger partial charge is 0.276 e. The van der Waals surface area contributed by atoms with Crippen molar-refractivity contribution in [1.29, 1.82) is 0 Å². The number of hydrogen-bond donors (Lipinski definition) is 3. The second kappa shape index (κ2) is 4.70. The minimum Gasteiger partial charge on any atom is -0.508 e. The van der Waals surface area contributed by atoms with Crippen molar-refractivity contribution in [1.82, 2.24) is 10.2 Å². The van der Waals surface area contributed by atoms with Crippen LogP contribution >= 0.6 is 0 Å². The Morgan fingerprint density at radius 1 is 1.33 bits per heavy atom. The molecule has 0 saturated carbocycles. The molecule has 1 aromatic heterocycles. The summed E-state index contributed by atoms with van der Waals surface area (Å²) in [6, 6.07) is 7.17. The van der Waals surface area contributed by atoms with E-state index >= 15 is 0 Å². The molecular weight excluding hydrogens is 234 g/mol. The van der Waals surface area contributed by atoms with Gasteiger partial charge in [0.1, 0.15) is 11.4 Å². The van der Waals surface area contributed by atoms with Crippen LogP contribution in [0.3, 0.4) is 0 Å². The van der Waals surface area contributed by atoms with Crippen LogP contribution in [0, 0.1) is 6.92 Å². The third-order valence-corrected chi connectivity index (χ3v) is 2.37. The summed E-state index contributed by atoms with van der Waals surface area (Å²) in [7, 11) is 0. The minimum atomic E-state index is -0.431. The van der Waals surface area contributed by atoms with Crippen LogP contribution in [0.1, 0.15) is 16.1 Å². The van der Waals surface area contributed by atoms with Gasteiger partial charge in [0.15, 0.2) is 0 Å². The second-order valence-electron chi connectivity index (χ2n) is 3.76. The number of amides is 1. The Balaban J connectivity index is 2.21. The third kappa shape index (κ3) is 2.54. The standard InChI is InChI=1S/C12H11N3O3/c1-7-6-8(16)2-3-9(7)13-12(18)10-4-5-11(17)15-14-10/h2-6,16H,1H3,(H,13,18)(H,15,17). The Bertz CT molecular complexity index is 629. The topological polar surface area (TPSA) is 95.1 Å². The first-order valence-electron chi connectivity index (χ1n) is 5.23. The molecule has 0 aliphatic heterocycles. The van der Waals surface area contributed by atoms with E-state index in [4.69, 9.17) is 0 Å². The molecule has 0 unspecified atom stereocenters. The summed E-state index contributed by atoms with van der Waals surface area (Å²) >= 11 is 0. The van der Waals surface area contributed by atoms with Gasteiger partial charge in [0.2, 0.25) is 0 Å². The van der Waals surface area contributed by atoms with E-state index in [2.05, 4.69) is 15.5 Å². The van der Waals surface area contributed by atoms with Crippen molar-refractivity contribution in [3.05, 3.63) is 51.9 Å². The van der Waals surface area contributed by atoms with Crippen molar-refractivity contribution in [2.24, 2.45) is 0 Å². The van der Waals surface area contributed by atoms with Crippen molar-refractivity contribution >= 4 is 11.6 Å². The molecule has 0 saturated heterocycles. The summed E-state index contributed by atoms with van der Waals surface area (Å²) in [5, 5.41) is 17.7.